The van der Waals surface area contributed by atoms with Crippen molar-refractivity contribution in [3.05, 3.63) is 0 Å². The first-order chi connectivity index (χ1) is 7.61. The van der Waals surface area contributed by atoms with Crippen LogP contribution in [-0.2, 0) is 4.79 Å². The predicted octanol–water partition coefficient (Wildman–Crippen LogP) is 0.605. The van der Waals surface area contributed by atoms with E-state index in [4.69, 9.17) is 5.11 Å². The highest BCUT2D eigenvalue weighted by molar-refractivity contribution is 5.78. The summed E-state index contributed by atoms with van der Waals surface area (Å²) < 4.78 is 0. The average Bonchev–Trinajstić information content (AvgIpc) is 2.21. The summed E-state index contributed by atoms with van der Waals surface area (Å²) in [5.74, 6) is 0.890. The van der Waals surface area contributed by atoms with Gasteiger partial charge in [-0.05, 0) is 38.6 Å². The van der Waals surface area contributed by atoms with Gasteiger partial charge in [-0.25, -0.2) is 0 Å². The van der Waals surface area contributed by atoms with Gasteiger partial charge in [-0.15, -0.1) is 0 Å². The molecule has 0 bridgehead atoms. The van der Waals surface area contributed by atoms with Gasteiger partial charge in [0.2, 0.25) is 5.91 Å². The van der Waals surface area contributed by atoms with Crippen molar-refractivity contribution in [3.8, 4) is 0 Å². The highest BCUT2D eigenvalue weighted by atomic mass is 16.3. The lowest BCUT2D eigenvalue weighted by Gasteiger charge is -2.27. The average molecular weight is 228 g/mol. The van der Waals surface area contributed by atoms with Gasteiger partial charge in [-0.3, -0.25) is 9.69 Å². The highest BCUT2D eigenvalue weighted by Gasteiger charge is 2.19. The Labute approximate surface area is 98.0 Å². The van der Waals surface area contributed by atoms with Crippen molar-refractivity contribution >= 4 is 5.91 Å². The van der Waals surface area contributed by atoms with E-state index in [9.17, 15) is 4.79 Å². The van der Waals surface area contributed by atoms with E-state index < -0.39 is 0 Å². The van der Waals surface area contributed by atoms with Crippen LogP contribution in [0.25, 0.3) is 0 Å². The minimum absolute atomic E-state index is 0.0792. The largest absolute Gasteiger partial charge is 0.395 e. The molecule has 0 heterocycles. The molecule has 0 spiro atoms. The van der Waals surface area contributed by atoms with Crippen molar-refractivity contribution in [1.82, 2.24) is 10.2 Å². The van der Waals surface area contributed by atoms with Crippen LogP contribution in [0.5, 0.6) is 0 Å². The normalized spacial score (nSPS) is 25.8. The molecule has 2 N–H and O–H groups in total. The maximum atomic E-state index is 11.6. The zero-order valence-electron chi connectivity index (χ0n) is 10.4. The van der Waals surface area contributed by atoms with E-state index in [0.29, 0.717) is 19.1 Å². The smallest absolute Gasteiger partial charge is 0.234 e. The fraction of sp³-hybridized carbons (Fsp3) is 0.917. The zero-order valence-corrected chi connectivity index (χ0v) is 10.4. The number of hydrogen-bond acceptors (Lipinski definition) is 3. The summed E-state index contributed by atoms with van der Waals surface area (Å²) >= 11 is 0. The van der Waals surface area contributed by atoms with E-state index in [1.807, 2.05) is 11.9 Å². The number of aliphatic hydroxyl groups excluding tert-OH is 1. The van der Waals surface area contributed by atoms with Crippen LogP contribution in [0.1, 0.15) is 32.6 Å². The van der Waals surface area contributed by atoms with Gasteiger partial charge in [0, 0.05) is 12.6 Å². The van der Waals surface area contributed by atoms with Crippen LogP contribution in [-0.4, -0.2) is 48.7 Å². The Kier molecular flexibility index (Phi) is 5.77. The Morgan fingerprint density at radius 2 is 2.00 bits per heavy atom. The fourth-order valence-corrected chi connectivity index (χ4v) is 2.17. The molecule has 0 aromatic heterocycles. The first-order valence-electron chi connectivity index (χ1n) is 6.20. The lowest BCUT2D eigenvalue weighted by Crippen LogP contribution is -2.42. The number of amides is 1. The van der Waals surface area contributed by atoms with E-state index in [1.54, 1.807) is 0 Å². The van der Waals surface area contributed by atoms with Crippen LogP contribution in [0, 0.1) is 5.92 Å². The molecule has 0 saturated heterocycles. The molecule has 1 aliphatic rings. The summed E-state index contributed by atoms with van der Waals surface area (Å²) in [6, 6.07) is 0.367. The molecular formula is C12H24N2O2. The van der Waals surface area contributed by atoms with Crippen molar-refractivity contribution in [2.24, 2.45) is 5.92 Å². The molecule has 16 heavy (non-hydrogen) atoms. The molecule has 4 heteroatoms. The lowest BCUT2D eigenvalue weighted by molar-refractivity contribution is -0.123. The third-order valence-electron chi connectivity index (χ3n) is 3.28. The summed E-state index contributed by atoms with van der Waals surface area (Å²) in [6.07, 6.45) is 4.65. The first kappa shape index (κ1) is 13.5. The third kappa shape index (κ3) is 4.94. The maximum absolute atomic E-state index is 11.6. The SMILES string of the molecule is CC1CCC(NC(=O)CN(C)CCO)CC1. The van der Waals surface area contributed by atoms with Gasteiger partial charge in [-0.2, -0.15) is 0 Å². The van der Waals surface area contributed by atoms with Crippen molar-refractivity contribution in [1.29, 1.82) is 0 Å². The molecule has 94 valence electrons. The standard InChI is InChI=1S/C12H24N2O2/c1-10-3-5-11(6-4-10)13-12(16)9-14(2)7-8-15/h10-11,15H,3-9H2,1-2H3,(H,13,16). The van der Waals surface area contributed by atoms with E-state index in [0.717, 1.165) is 18.8 Å². The van der Waals surface area contributed by atoms with E-state index in [1.165, 1.54) is 12.8 Å². The number of carbonyl (C=O) groups excluding carboxylic acids is 1. The number of hydrogen-bond donors (Lipinski definition) is 2. The second kappa shape index (κ2) is 6.86. The second-order valence-electron chi connectivity index (χ2n) is 4.99. The predicted molar refractivity (Wildman–Crippen MR) is 64.1 cm³/mol. The summed E-state index contributed by atoms with van der Waals surface area (Å²) in [7, 11) is 1.85. The van der Waals surface area contributed by atoms with Crippen molar-refractivity contribution in [3.63, 3.8) is 0 Å². The maximum Gasteiger partial charge on any atom is 0.234 e. The minimum Gasteiger partial charge on any atom is -0.395 e. The summed E-state index contributed by atoms with van der Waals surface area (Å²) in [5, 5.41) is 11.8. The quantitative estimate of drug-likeness (QED) is 0.725. The molecule has 4 nitrogen and oxygen atoms in total. The van der Waals surface area contributed by atoms with Gasteiger partial charge in [0.15, 0.2) is 0 Å². The molecule has 1 saturated carbocycles. The molecule has 0 radical (unpaired) electrons. The molecule has 0 aliphatic heterocycles. The first-order valence-corrected chi connectivity index (χ1v) is 6.20. The van der Waals surface area contributed by atoms with Crippen LogP contribution in [0.4, 0.5) is 0 Å². The number of nitrogens with one attached hydrogen (secondary N) is 1. The molecule has 0 unspecified atom stereocenters. The summed E-state index contributed by atoms with van der Waals surface area (Å²) in [4.78, 5) is 13.5. The van der Waals surface area contributed by atoms with Crippen LogP contribution < -0.4 is 5.32 Å². The molecule has 0 aromatic carbocycles. The van der Waals surface area contributed by atoms with Gasteiger partial charge in [0.1, 0.15) is 0 Å². The van der Waals surface area contributed by atoms with Gasteiger partial charge < -0.3 is 10.4 Å². The molecular weight excluding hydrogens is 204 g/mol. The van der Waals surface area contributed by atoms with Crippen LogP contribution >= 0.6 is 0 Å². The van der Waals surface area contributed by atoms with Crippen LogP contribution in [0.2, 0.25) is 0 Å². The van der Waals surface area contributed by atoms with Crippen molar-refractivity contribution < 1.29 is 9.90 Å². The molecule has 0 aromatic rings. The number of likely N-dealkylation sites (N-methyl/N-ethyl adjacent to an activating group) is 1. The summed E-state index contributed by atoms with van der Waals surface area (Å²) in [6.45, 7) is 3.31. The van der Waals surface area contributed by atoms with Crippen LogP contribution in [0.15, 0.2) is 0 Å². The Bertz CT molecular complexity index is 213. The highest BCUT2D eigenvalue weighted by Crippen LogP contribution is 2.23. The fourth-order valence-electron chi connectivity index (χ4n) is 2.17. The number of nitrogens with zero attached hydrogens (tertiary/aromatic N) is 1. The van der Waals surface area contributed by atoms with E-state index in [-0.39, 0.29) is 12.5 Å². The van der Waals surface area contributed by atoms with Gasteiger partial charge in [0.25, 0.3) is 0 Å². The van der Waals surface area contributed by atoms with E-state index >= 15 is 0 Å². The van der Waals surface area contributed by atoms with Gasteiger partial charge >= 0.3 is 0 Å². The molecule has 0 atom stereocenters. The summed E-state index contributed by atoms with van der Waals surface area (Å²) in [5.41, 5.74) is 0. The second-order valence-corrected chi connectivity index (χ2v) is 4.99. The van der Waals surface area contributed by atoms with Crippen molar-refractivity contribution in [2.45, 2.75) is 38.6 Å². The van der Waals surface area contributed by atoms with Gasteiger partial charge in [0.05, 0.1) is 13.2 Å². The topological polar surface area (TPSA) is 52.6 Å². The van der Waals surface area contributed by atoms with Gasteiger partial charge in [-0.1, -0.05) is 6.92 Å². The van der Waals surface area contributed by atoms with E-state index in [2.05, 4.69) is 12.2 Å². The number of aliphatic hydroxyl groups is 1. The Hall–Kier alpha value is -0.610. The lowest BCUT2D eigenvalue weighted by atomic mass is 9.87. The Balaban J connectivity index is 2.18. The third-order valence-corrected chi connectivity index (χ3v) is 3.28. The van der Waals surface area contributed by atoms with Crippen LogP contribution in [0.3, 0.4) is 0 Å². The molecule has 1 rings (SSSR count). The zero-order chi connectivity index (χ0) is 12.0. The number of carbonyl (C=O) groups is 1. The van der Waals surface area contributed by atoms with Crippen molar-refractivity contribution in [2.75, 3.05) is 26.7 Å². The minimum atomic E-state index is 0.0792. The molecule has 1 aliphatic carbocycles. The number of rotatable bonds is 5. The molecule has 1 fully saturated rings. The molecule has 1 amide bonds. The Morgan fingerprint density at radius 3 is 2.56 bits per heavy atom. The Morgan fingerprint density at radius 1 is 1.38 bits per heavy atom. The monoisotopic (exact) mass is 228 g/mol.